The molecule has 0 bridgehead atoms. The van der Waals surface area contributed by atoms with Crippen molar-refractivity contribution in [2.45, 2.75) is 20.8 Å². The molecule has 2 rings (SSSR count). The van der Waals surface area contributed by atoms with Gasteiger partial charge in [0.25, 0.3) is 0 Å². The third-order valence-corrected chi connectivity index (χ3v) is 3.36. The van der Waals surface area contributed by atoms with E-state index >= 15 is 0 Å². The van der Waals surface area contributed by atoms with Gasteiger partial charge in [-0.25, -0.2) is 9.59 Å². The lowest BCUT2D eigenvalue weighted by Gasteiger charge is -2.08. The quantitative estimate of drug-likeness (QED) is 0.515. The molecule has 0 atom stereocenters. The molecular formula is C19H21NO4. The highest BCUT2D eigenvalue weighted by Crippen LogP contribution is 2.18. The summed E-state index contributed by atoms with van der Waals surface area (Å²) in [5.74, 6) is -0.277. The van der Waals surface area contributed by atoms with Gasteiger partial charge in [-0.2, -0.15) is 0 Å². The predicted octanol–water partition coefficient (Wildman–Crippen LogP) is 3.61. The van der Waals surface area contributed by atoms with Crippen molar-refractivity contribution in [3.63, 3.8) is 0 Å². The maximum atomic E-state index is 12.1. The molecule has 0 saturated carbocycles. The lowest BCUT2D eigenvalue weighted by molar-refractivity contribution is 0.0459. The number of carbonyl (C=O) groups excluding carboxylic acids is 2. The molecule has 0 aliphatic rings. The van der Waals surface area contributed by atoms with Crippen molar-refractivity contribution in [2.75, 3.05) is 12.3 Å². The number of nitrogens with two attached hydrogens (primary N) is 1. The Morgan fingerprint density at radius 2 is 1.62 bits per heavy atom. The van der Waals surface area contributed by atoms with Crippen LogP contribution in [0.4, 0.5) is 5.69 Å². The van der Waals surface area contributed by atoms with E-state index in [0.29, 0.717) is 29.2 Å². The Balaban J connectivity index is 2.01. The average molecular weight is 327 g/mol. The molecule has 0 spiro atoms. The first-order chi connectivity index (χ1) is 11.4. The van der Waals surface area contributed by atoms with Crippen LogP contribution in [0.5, 0.6) is 5.75 Å². The van der Waals surface area contributed by atoms with Crippen molar-refractivity contribution in [3.8, 4) is 5.75 Å². The van der Waals surface area contributed by atoms with E-state index in [4.69, 9.17) is 15.2 Å². The normalized spacial score (nSPS) is 10.5. The van der Waals surface area contributed by atoms with Gasteiger partial charge in [0, 0.05) is 5.69 Å². The summed E-state index contributed by atoms with van der Waals surface area (Å²) in [4.78, 5) is 23.9. The Bertz CT molecular complexity index is 736. The number of benzene rings is 2. The molecule has 24 heavy (non-hydrogen) atoms. The van der Waals surface area contributed by atoms with E-state index in [0.717, 1.165) is 5.56 Å². The van der Waals surface area contributed by atoms with Gasteiger partial charge in [0.15, 0.2) is 0 Å². The number of carbonyl (C=O) groups is 2. The van der Waals surface area contributed by atoms with Gasteiger partial charge >= 0.3 is 11.9 Å². The molecule has 2 aromatic rings. The summed E-state index contributed by atoms with van der Waals surface area (Å²) in [6, 6.07) is 11.2. The van der Waals surface area contributed by atoms with E-state index in [-0.39, 0.29) is 5.92 Å². The van der Waals surface area contributed by atoms with E-state index in [9.17, 15) is 9.59 Å². The van der Waals surface area contributed by atoms with Gasteiger partial charge in [0.05, 0.1) is 17.7 Å². The Labute approximate surface area is 141 Å². The summed E-state index contributed by atoms with van der Waals surface area (Å²) in [7, 11) is 0. The highest BCUT2D eigenvalue weighted by atomic mass is 16.5. The van der Waals surface area contributed by atoms with Crippen LogP contribution in [-0.4, -0.2) is 18.5 Å². The number of aryl methyl sites for hydroxylation is 1. The second-order valence-corrected chi connectivity index (χ2v) is 5.98. The Morgan fingerprint density at radius 3 is 2.21 bits per heavy atom. The summed E-state index contributed by atoms with van der Waals surface area (Å²) in [6.07, 6.45) is 0. The number of esters is 2. The van der Waals surface area contributed by atoms with Gasteiger partial charge in [0.2, 0.25) is 0 Å². The summed E-state index contributed by atoms with van der Waals surface area (Å²) in [6.45, 7) is 6.16. The van der Waals surface area contributed by atoms with Crippen molar-refractivity contribution in [3.05, 3.63) is 59.2 Å². The van der Waals surface area contributed by atoms with E-state index in [2.05, 4.69) is 0 Å². The number of hydrogen-bond acceptors (Lipinski definition) is 5. The minimum absolute atomic E-state index is 0.274. The summed E-state index contributed by atoms with van der Waals surface area (Å²) < 4.78 is 10.4. The fourth-order valence-corrected chi connectivity index (χ4v) is 1.92. The lowest BCUT2D eigenvalue weighted by atomic mass is 10.1. The molecule has 0 radical (unpaired) electrons. The molecule has 5 heteroatoms. The van der Waals surface area contributed by atoms with Gasteiger partial charge < -0.3 is 15.2 Å². The topological polar surface area (TPSA) is 78.6 Å². The van der Waals surface area contributed by atoms with Crippen LogP contribution in [0.2, 0.25) is 0 Å². The molecular weight excluding hydrogens is 306 g/mol. The van der Waals surface area contributed by atoms with Crippen LogP contribution in [0.3, 0.4) is 0 Å². The molecule has 0 amide bonds. The molecule has 0 saturated heterocycles. The first kappa shape index (κ1) is 17.5. The molecule has 0 aliphatic carbocycles. The van der Waals surface area contributed by atoms with Gasteiger partial charge in [0.1, 0.15) is 5.75 Å². The fraction of sp³-hybridized carbons (Fsp3) is 0.263. The van der Waals surface area contributed by atoms with Crippen molar-refractivity contribution >= 4 is 17.6 Å². The summed E-state index contributed by atoms with van der Waals surface area (Å²) in [5.41, 5.74) is 8.01. The highest BCUT2D eigenvalue weighted by molar-refractivity contribution is 5.92. The van der Waals surface area contributed by atoms with Gasteiger partial charge in [-0.05, 0) is 54.8 Å². The van der Waals surface area contributed by atoms with Gasteiger partial charge in [-0.1, -0.05) is 19.9 Å². The van der Waals surface area contributed by atoms with Crippen LogP contribution in [0.1, 0.15) is 40.1 Å². The zero-order valence-electron chi connectivity index (χ0n) is 14.0. The van der Waals surface area contributed by atoms with Crippen molar-refractivity contribution in [1.82, 2.24) is 0 Å². The molecule has 0 heterocycles. The maximum Gasteiger partial charge on any atom is 0.343 e. The minimum Gasteiger partial charge on any atom is -0.462 e. The van der Waals surface area contributed by atoms with E-state index in [1.165, 1.54) is 0 Å². The first-order valence-corrected chi connectivity index (χ1v) is 7.72. The molecule has 2 aromatic carbocycles. The second kappa shape index (κ2) is 7.64. The van der Waals surface area contributed by atoms with Crippen LogP contribution in [0, 0.1) is 12.8 Å². The predicted molar refractivity (Wildman–Crippen MR) is 92.1 cm³/mol. The lowest BCUT2D eigenvalue weighted by Crippen LogP contribution is -2.11. The number of nitrogen functional groups attached to an aromatic ring is 1. The smallest absolute Gasteiger partial charge is 0.343 e. The molecule has 5 nitrogen and oxygen atoms in total. The zero-order valence-corrected chi connectivity index (χ0v) is 14.0. The van der Waals surface area contributed by atoms with Crippen LogP contribution >= 0.6 is 0 Å². The SMILES string of the molecule is Cc1ccc(C(=O)Oc2ccc(C(=O)OCC(C)C)cc2)cc1N. The monoisotopic (exact) mass is 327 g/mol. The summed E-state index contributed by atoms with van der Waals surface area (Å²) >= 11 is 0. The van der Waals surface area contributed by atoms with E-state index < -0.39 is 11.9 Å². The third kappa shape index (κ3) is 4.59. The van der Waals surface area contributed by atoms with Gasteiger partial charge in [-0.3, -0.25) is 0 Å². The number of hydrogen-bond donors (Lipinski definition) is 1. The van der Waals surface area contributed by atoms with E-state index in [1.54, 1.807) is 42.5 Å². The third-order valence-electron chi connectivity index (χ3n) is 3.36. The molecule has 0 unspecified atom stereocenters. The number of anilines is 1. The fourth-order valence-electron chi connectivity index (χ4n) is 1.92. The van der Waals surface area contributed by atoms with E-state index in [1.807, 2.05) is 20.8 Å². The van der Waals surface area contributed by atoms with Gasteiger partial charge in [-0.15, -0.1) is 0 Å². The van der Waals surface area contributed by atoms with Crippen LogP contribution in [0.15, 0.2) is 42.5 Å². The standard InChI is InChI=1S/C19H21NO4/c1-12(2)11-23-18(21)14-6-8-16(9-7-14)24-19(22)15-5-4-13(3)17(20)10-15/h4-10,12H,11,20H2,1-3H3. The molecule has 0 fully saturated rings. The molecule has 126 valence electrons. The maximum absolute atomic E-state index is 12.1. The number of rotatable bonds is 5. The first-order valence-electron chi connectivity index (χ1n) is 7.72. The zero-order chi connectivity index (χ0) is 17.7. The Morgan fingerprint density at radius 1 is 1.00 bits per heavy atom. The second-order valence-electron chi connectivity index (χ2n) is 5.98. The van der Waals surface area contributed by atoms with Crippen molar-refractivity contribution in [1.29, 1.82) is 0 Å². The number of ether oxygens (including phenoxy) is 2. The van der Waals surface area contributed by atoms with Crippen LogP contribution in [-0.2, 0) is 4.74 Å². The van der Waals surface area contributed by atoms with Crippen LogP contribution in [0.25, 0.3) is 0 Å². The summed E-state index contributed by atoms with van der Waals surface area (Å²) in [5, 5.41) is 0. The van der Waals surface area contributed by atoms with Crippen molar-refractivity contribution < 1.29 is 19.1 Å². The highest BCUT2D eigenvalue weighted by Gasteiger charge is 2.12. The minimum atomic E-state index is -0.503. The molecule has 2 N–H and O–H groups in total. The van der Waals surface area contributed by atoms with Crippen LogP contribution < -0.4 is 10.5 Å². The Kier molecular flexibility index (Phi) is 5.58. The average Bonchev–Trinajstić information content (AvgIpc) is 2.55. The molecule has 0 aromatic heterocycles. The largest absolute Gasteiger partial charge is 0.462 e. The Hall–Kier alpha value is -2.82. The molecule has 0 aliphatic heterocycles. The van der Waals surface area contributed by atoms with Crippen molar-refractivity contribution in [2.24, 2.45) is 5.92 Å².